The first-order valence-electron chi connectivity index (χ1n) is 7.39. The quantitative estimate of drug-likeness (QED) is 0.934. The van der Waals surface area contributed by atoms with Crippen LogP contribution in [0, 0.1) is 12.7 Å². The second kappa shape index (κ2) is 6.50. The molecule has 1 aromatic carbocycles. The number of aryl methyl sites for hydroxylation is 1. The van der Waals surface area contributed by atoms with Gasteiger partial charge in [0.2, 0.25) is 5.95 Å². The summed E-state index contributed by atoms with van der Waals surface area (Å²) in [6.45, 7) is 3.39. The van der Waals surface area contributed by atoms with Crippen LogP contribution in [-0.2, 0) is 0 Å². The smallest absolute Gasteiger partial charge is 0.276 e. The van der Waals surface area contributed by atoms with E-state index >= 15 is 0 Å². The molecule has 0 saturated carbocycles. The third kappa shape index (κ3) is 3.42. The minimum absolute atomic E-state index is 0.0875. The van der Waals surface area contributed by atoms with Gasteiger partial charge in [0.05, 0.1) is 11.2 Å². The Hall–Kier alpha value is -2.21. The second-order valence-corrected chi connectivity index (χ2v) is 5.89. The molecule has 1 aliphatic heterocycles. The molecule has 0 bridgehead atoms. The maximum atomic E-state index is 13.6. The van der Waals surface area contributed by atoms with Crippen molar-refractivity contribution in [2.75, 3.05) is 23.3 Å². The van der Waals surface area contributed by atoms with E-state index in [1.165, 1.54) is 12.3 Å². The molecule has 0 spiro atoms. The van der Waals surface area contributed by atoms with Crippen LogP contribution in [0.5, 0.6) is 0 Å². The fourth-order valence-electron chi connectivity index (χ4n) is 2.45. The summed E-state index contributed by atoms with van der Waals surface area (Å²) >= 11 is 6.04. The van der Waals surface area contributed by atoms with E-state index in [1.807, 2.05) is 4.90 Å². The topological polar surface area (TPSA) is 58.1 Å². The summed E-state index contributed by atoms with van der Waals surface area (Å²) in [7, 11) is 0. The Morgan fingerprint density at radius 2 is 2.09 bits per heavy atom. The Labute approximate surface area is 138 Å². The number of amides is 1. The van der Waals surface area contributed by atoms with Crippen molar-refractivity contribution < 1.29 is 9.18 Å². The van der Waals surface area contributed by atoms with E-state index in [0.29, 0.717) is 17.2 Å². The molecule has 2 heterocycles. The number of hydrogen-bond acceptors (Lipinski definition) is 4. The van der Waals surface area contributed by atoms with Crippen LogP contribution in [0.4, 0.5) is 16.0 Å². The van der Waals surface area contributed by atoms with Gasteiger partial charge < -0.3 is 10.2 Å². The Balaban J connectivity index is 1.83. The van der Waals surface area contributed by atoms with Crippen molar-refractivity contribution >= 4 is 29.1 Å². The van der Waals surface area contributed by atoms with E-state index in [0.717, 1.165) is 25.9 Å². The van der Waals surface area contributed by atoms with Gasteiger partial charge in [-0.3, -0.25) is 4.79 Å². The van der Waals surface area contributed by atoms with Gasteiger partial charge in [-0.25, -0.2) is 14.4 Å². The molecule has 1 saturated heterocycles. The SMILES string of the molecule is Cc1ccc(NC(=O)c2nc(N3CCCC3)ncc2Cl)cc1F. The van der Waals surface area contributed by atoms with Crippen molar-refractivity contribution in [2.45, 2.75) is 19.8 Å². The highest BCUT2D eigenvalue weighted by molar-refractivity contribution is 6.34. The van der Waals surface area contributed by atoms with E-state index in [9.17, 15) is 9.18 Å². The van der Waals surface area contributed by atoms with E-state index in [2.05, 4.69) is 15.3 Å². The molecule has 1 amide bonds. The number of carbonyl (C=O) groups is 1. The molecular formula is C16H16ClFN4O. The number of benzene rings is 1. The summed E-state index contributed by atoms with van der Waals surface area (Å²) in [6.07, 6.45) is 3.58. The highest BCUT2D eigenvalue weighted by Gasteiger charge is 2.19. The number of nitrogens with zero attached hydrogens (tertiary/aromatic N) is 3. The maximum absolute atomic E-state index is 13.6. The van der Waals surface area contributed by atoms with Crippen molar-refractivity contribution in [2.24, 2.45) is 0 Å². The zero-order valence-electron chi connectivity index (χ0n) is 12.6. The number of rotatable bonds is 3. The van der Waals surface area contributed by atoms with Crippen LogP contribution < -0.4 is 10.2 Å². The largest absolute Gasteiger partial charge is 0.341 e. The van der Waals surface area contributed by atoms with Gasteiger partial charge in [0, 0.05) is 18.8 Å². The fourth-order valence-corrected chi connectivity index (χ4v) is 2.62. The van der Waals surface area contributed by atoms with Gasteiger partial charge in [-0.1, -0.05) is 17.7 Å². The molecule has 7 heteroatoms. The molecule has 1 aliphatic rings. The number of nitrogens with one attached hydrogen (secondary N) is 1. The summed E-state index contributed by atoms with van der Waals surface area (Å²) < 4.78 is 13.6. The number of carbonyl (C=O) groups excluding carboxylic acids is 1. The summed E-state index contributed by atoms with van der Waals surface area (Å²) in [5.41, 5.74) is 0.958. The average molecular weight is 335 g/mol. The lowest BCUT2D eigenvalue weighted by molar-refractivity contribution is 0.102. The lowest BCUT2D eigenvalue weighted by atomic mass is 10.2. The maximum Gasteiger partial charge on any atom is 0.276 e. The summed E-state index contributed by atoms with van der Waals surface area (Å²) in [5.74, 6) is -0.373. The standard InChI is InChI=1S/C16H16ClFN4O/c1-10-4-5-11(8-13(10)18)20-15(23)14-12(17)9-19-16(21-14)22-6-2-3-7-22/h4-5,8-9H,2-3,6-7H2,1H3,(H,20,23). The lowest BCUT2D eigenvalue weighted by Crippen LogP contribution is -2.23. The summed E-state index contributed by atoms with van der Waals surface area (Å²) in [6, 6.07) is 4.50. The van der Waals surface area contributed by atoms with Gasteiger partial charge in [-0.05, 0) is 37.5 Å². The molecule has 5 nitrogen and oxygen atoms in total. The van der Waals surface area contributed by atoms with Gasteiger partial charge in [0.1, 0.15) is 5.82 Å². The molecule has 0 atom stereocenters. The van der Waals surface area contributed by atoms with Gasteiger partial charge in [-0.2, -0.15) is 0 Å². The van der Waals surface area contributed by atoms with E-state index in [4.69, 9.17) is 11.6 Å². The van der Waals surface area contributed by atoms with Crippen LogP contribution in [0.3, 0.4) is 0 Å². The first-order chi connectivity index (χ1) is 11.0. The van der Waals surface area contributed by atoms with Crippen LogP contribution >= 0.6 is 11.6 Å². The molecule has 120 valence electrons. The van der Waals surface area contributed by atoms with Gasteiger partial charge >= 0.3 is 0 Å². The average Bonchev–Trinajstić information content (AvgIpc) is 3.06. The third-order valence-corrected chi connectivity index (χ3v) is 4.04. The van der Waals surface area contributed by atoms with Crippen molar-refractivity contribution in [3.63, 3.8) is 0 Å². The number of halogens is 2. The minimum atomic E-state index is -0.485. The Kier molecular flexibility index (Phi) is 4.43. The predicted molar refractivity (Wildman–Crippen MR) is 87.6 cm³/mol. The Morgan fingerprint density at radius 1 is 1.35 bits per heavy atom. The summed E-state index contributed by atoms with van der Waals surface area (Å²) in [4.78, 5) is 22.8. The van der Waals surface area contributed by atoms with Crippen molar-refractivity contribution in [1.82, 2.24) is 9.97 Å². The zero-order chi connectivity index (χ0) is 16.4. The third-order valence-electron chi connectivity index (χ3n) is 3.77. The normalized spacial score (nSPS) is 14.1. The van der Waals surface area contributed by atoms with Crippen molar-refractivity contribution in [1.29, 1.82) is 0 Å². The fraction of sp³-hybridized carbons (Fsp3) is 0.312. The molecular weight excluding hydrogens is 319 g/mol. The Morgan fingerprint density at radius 3 is 2.78 bits per heavy atom. The molecule has 0 radical (unpaired) electrons. The van der Waals surface area contributed by atoms with Crippen LogP contribution in [0.2, 0.25) is 5.02 Å². The number of aromatic nitrogens is 2. The van der Waals surface area contributed by atoms with Crippen LogP contribution in [0.1, 0.15) is 28.9 Å². The van der Waals surface area contributed by atoms with Gasteiger partial charge in [0.25, 0.3) is 5.91 Å². The minimum Gasteiger partial charge on any atom is -0.341 e. The number of hydrogen-bond donors (Lipinski definition) is 1. The molecule has 23 heavy (non-hydrogen) atoms. The highest BCUT2D eigenvalue weighted by atomic mass is 35.5. The van der Waals surface area contributed by atoms with Crippen LogP contribution in [0.15, 0.2) is 24.4 Å². The molecule has 1 N–H and O–H groups in total. The molecule has 2 aromatic rings. The van der Waals surface area contributed by atoms with E-state index in [1.54, 1.807) is 19.1 Å². The summed E-state index contributed by atoms with van der Waals surface area (Å²) in [5, 5.41) is 2.78. The van der Waals surface area contributed by atoms with E-state index in [-0.39, 0.29) is 16.5 Å². The first-order valence-corrected chi connectivity index (χ1v) is 7.77. The van der Waals surface area contributed by atoms with Crippen LogP contribution in [0.25, 0.3) is 0 Å². The Bertz CT molecular complexity index is 747. The molecule has 0 aliphatic carbocycles. The number of anilines is 2. The monoisotopic (exact) mass is 334 g/mol. The van der Waals surface area contributed by atoms with E-state index < -0.39 is 5.91 Å². The van der Waals surface area contributed by atoms with Crippen molar-refractivity contribution in [3.8, 4) is 0 Å². The van der Waals surface area contributed by atoms with Crippen molar-refractivity contribution in [3.05, 3.63) is 46.5 Å². The predicted octanol–water partition coefficient (Wildman–Crippen LogP) is 3.43. The molecule has 0 unspecified atom stereocenters. The second-order valence-electron chi connectivity index (χ2n) is 5.48. The molecule has 3 rings (SSSR count). The van der Waals surface area contributed by atoms with Crippen LogP contribution in [-0.4, -0.2) is 29.0 Å². The molecule has 1 fully saturated rings. The first kappa shape index (κ1) is 15.7. The highest BCUT2D eigenvalue weighted by Crippen LogP contribution is 2.21. The van der Waals surface area contributed by atoms with Gasteiger partial charge in [0.15, 0.2) is 5.69 Å². The molecule has 1 aromatic heterocycles. The lowest BCUT2D eigenvalue weighted by Gasteiger charge is -2.16. The zero-order valence-corrected chi connectivity index (χ0v) is 13.4. The van der Waals surface area contributed by atoms with Gasteiger partial charge in [-0.15, -0.1) is 0 Å².